The molecule has 1 saturated heterocycles. The van der Waals surface area contributed by atoms with E-state index in [1.54, 1.807) is 23.3 Å². The molecule has 3 rings (SSSR count). The summed E-state index contributed by atoms with van der Waals surface area (Å²) in [5.41, 5.74) is 1.21. The predicted molar refractivity (Wildman–Crippen MR) is 68.1 cm³/mol. The number of amides is 1. The summed E-state index contributed by atoms with van der Waals surface area (Å²) >= 11 is 0. The van der Waals surface area contributed by atoms with Gasteiger partial charge in [-0.05, 0) is 18.4 Å². The van der Waals surface area contributed by atoms with Crippen LogP contribution in [0.4, 0.5) is 4.79 Å². The van der Waals surface area contributed by atoms with Gasteiger partial charge in [0.2, 0.25) is 0 Å². The predicted octanol–water partition coefficient (Wildman–Crippen LogP) is 2.69. The van der Waals surface area contributed by atoms with Crippen molar-refractivity contribution in [2.75, 3.05) is 6.54 Å². The van der Waals surface area contributed by atoms with Gasteiger partial charge in [-0.25, -0.2) is 9.78 Å². The van der Waals surface area contributed by atoms with Crippen molar-refractivity contribution >= 4 is 6.03 Å². The van der Waals surface area contributed by atoms with Crippen LogP contribution in [0.1, 0.15) is 24.4 Å². The third-order valence-corrected chi connectivity index (χ3v) is 3.41. The molecule has 0 aliphatic carbocycles. The Balaban J connectivity index is 1.86. The van der Waals surface area contributed by atoms with Crippen molar-refractivity contribution in [3.05, 3.63) is 54.6 Å². The minimum Gasteiger partial charge on any atom is -0.317 e. The summed E-state index contributed by atoms with van der Waals surface area (Å²) in [6, 6.07) is 10.4. The number of likely N-dealkylation sites (tertiary alicyclic amines) is 1. The largest absolute Gasteiger partial charge is 0.329 e. The van der Waals surface area contributed by atoms with Gasteiger partial charge in [0, 0.05) is 18.9 Å². The Morgan fingerprint density at radius 3 is 2.83 bits per heavy atom. The molecule has 1 aromatic heterocycles. The number of hydrogen-bond acceptors (Lipinski definition) is 2. The molecule has 0 N–H and O–H groups in total. The van der Waals surface area contributed by atoms with Crippen LogP contribution in [-0.2, 0) is 0 Å². The lowest BCUT2D eigenvalue weighted by Crippen LogP contribution is -2.33. The van der Waals surface area contributed by atoms with E-state index in [4.69, 9.17) is 0 Å². The maximum Gasteiger partial charge on any atom is 0.329 e. The SMILES string of the molecule is O=C(N1CCCC1c1ccccc1)n1ccnc1. The van der Waals surface area contributed by atoms with Gasteiger partial charge in [-0.2, -0.15) is 0 Å². The van der Waals surface area contributed by atoms with E-state index in [1.165, 1.54) is 5.56 Å². The number of imidazole rings is 1. The summed E-state index contributed by atoms with van der Waals surface area (Å²) in [5.74, 6) is 0. The quantitative estimate of drug-likeness (QED) is 0.770. The zero-order valence-electron chi connectivity index (χ0n) is 10.1. The summed E-state index contributed by atoms with van der Waals surface area (Å²) in [5, 5.41) is 0. The van der Waals surface area contributed by atoms with Crippen LogP contribution in [0.5, 0.6) is 0 Å². The Hall–Kier alpha value is -2.10. The van der Waals surface area contributed by atoms with Gasteiger partial charge in [0.1, 0.15) is 6.33 Å². The average Bonchev–Trinajstić information content (AvgIpc) is 3.10. The molecule has 0 saturated carbocycles. The first kappa shape index (κ1) is 11.0. The molecule has 0 spiro atoms. The molecule has 1 unspecified atom stereocenters. The van der Waals surface area contributed by atoms with E-state index in [2.05, 4.69) is 17.1 Å². The summed E-state index contributed by atoms with van der Waals surface area (Å²) in [7, 11) is 0. The van der Waals surface area contributed by atoms with Gasteiger partial charge in [-0.15, -0.1) is 0 Å². The monoisotopic (exact) mass is 241 g/mol. The van der Waals surface area contributed by atoms with E-state index >= 15 is 0 Å². The fraction of sp³-hybridized carbons (Fsp3) is 0.286. The highest BCUT2D eigenvalue weighted by Crippen LogP contribution is 2.32. The van der Waals surface area contributed by atoms with Crippen molar-refractivity contribution in [2.24, 2.45) is 0 Å². The molecule has 0 radical (unpaired) electrons. The molecule has 1 aliphatic rings. The second-order valence-corrected chi connectivity index (χ2v) is 4.51. The Bertz CT molecular complexity index is 521. The van der Waals surface area contributed by atoms with Crippen LogP contribution < -0.4 is 0 Å². The van der Waals surface area contributed by atoms with Crippen molar-refractivity contribution in [1.29, 1.82) is 0 Å². The van der Waals surface area contributed by atoms with Crippen LogP contribution >= 0.6 is 0 Å². The van der Waals surface area contributed by atoms with Gasteiger partial charge in [0.25, 0.3) is 0 Å². The molecule has 1 fully saturated rings. The molecule has 1 amide bonds. The molecule has 0 bridgehead atoms. The molecule has 2 aromatic rings. The van der Waals surface area contributed by atoms with Crippen molar-refractivity contribution in [3.8, 4) is 0 Å². The van der Waals surface area contributed by atoms with Crippen LogP contribution in [0, 0.1) is 0 Å². The summed E-state index contributed by atoms with van der Waals surface area (Å²) in [6.45, 7) is 0.816. The van der Waals surface area contributed by atoms with Crippen molar-refractivity contribution in [2.45, 2.75) is 18.9 Å². The first-order valence-electron chi connectivity index (χ1n) is 6.20. The molecular formula is C14H15N3O. The first-order chi connectivity index (χ1) is 8.86. The Labute approximate surface area is 106 Å². The smallest absolute Gasteiger partial charge is 0.317 e. The summed E-state index contributed by atoms with van der Waals surface area (Å²) in [4.78, 5) is 18.2. The second kappa shape index (κ2) is 4.64. The molecule has 4 heteroatoms. The normalized spacial score (nSPS) is 19.1. The Morgan fingerprint density at radius 2 is 2.11 bits per heavy atom. The lowest BCUT2D eigenvalue weighted by molar-refractivity contribution is 0.194. The van der Waals surface area contributed by atoms with Crippen molar-refractivity contribution in [1.82, 2.24) is 14.5 Å². The molecule has 1 atom stereocenters. The molecule has 1 aromatic carbocycles. The van der Waals surface area contributed by atoms with Crippen LogP contribution in [0.3, 0.4) is 0 Å². The minimum absolute atomic E-state index is 0.0128. The maximum absolute atomic E-state index is 12.3. The molecule has 2 heterocycles. The van der Waals surface area contributed by atoms with E-state index in [1.807, 2.05) is 23.1 Å². The standard InChI is InChI=1S/C14H15N3O/c18-14(16-10-8-15-11-16)17-9-4-7-13(17)12-5-2-1-3-6-12/h1-3,5-6,8,10-11,13H,4,7,9H2. The van der Waals surface area contributed by atoms with E-state index in [0.29, 0.717) is 0 Å². The number of aromatic nitrogens is 2. The number of rotatable bonds is 1. The average molecular weight is 241 g/mol. The number of benzene rings is 1. The lowest BCUT2D eigenvalue weighted by atomic mass is 10.1. The van der Waals surface area contributed by atoms with E-state index in [-0.39, 0.29) is 12.1 Å². The highest BCUT2D eigenvalue weighted by molar-refractivity contribution is 5.77. The fourth-order valence-electron chi connectivity index (χ4n) is 2.54. The lowest BCUT2D eigenvalue weighted by Gasteiger charge is -2.24. The van der Waals surface area contributed by atoms with E-state index in [9.17, 15) is 4.79 Å². The number of carbonyl (C=O) groups is 1. The minimum atomic E-state index is 0.0128. The summed E-state index contributed by atoms with van der Waals surface area (Å²) < 4.78 is 1.54. The van der Waals surface area contributed by atoms with Gasteiger partial charge in [-0.1, -0.05) is 30.3 Å². The zero-order chi connectivity index (χ0) is 12.4. The van der Waals surface area contributed by atoms with E-state index in [0.717, 1.165) is 19.4 Å². The topological polar surface area (TPSA) is 38.1 Å². The molecular weight excluding hydrogens is 226 g/mol. The summed E-state index contributed by atoms with van der Waals surface area (Å²) in [6.07, 6.45) is 6.97. The third-order valence-electron chi connectivity index (χ3n) is 3.41. The van der Waals surface area contributed by atoms with Crippen molar-refractivity contribution < 1.29 is 4.79 Å². The van der Waals surface area contributed by atoms with Crippen LogP contribution in [0.15, 0.2) is 49.1 Å². The van der Waals surface area contributed by atoms with Gasteiger partial charge < -0.3 is 4.90 Å². The van der Waals surface area contributed by atoms with Gasteiger partial charge in [-0.3, -0.25) is 4.57 Å². The number of nitrogens with zero attached hydrogens (tertiary/aromatic N) is 3. The number of carbonyl (C=O) groups excluding carboxylic acids is 1. The molecule has 92 valence electrons. The fourth-order valence-corrected chi connectivity index (χ4v) is 2.54. The number of hydrogen-bond donors (Lipinski definition) is 0. The van der Waals surface area contributed by atoms with E-state index < -0.39 is 0 Å². The van der Waals surface area contributed by atoms with Crippen LogP contribution in [0.25, 0.3) is 0 Å². The Kier molecular flexibility index (Phi) is 2.84. The maximum atomic E-state index is 12.3. The first-order valence-corrected chi connectivity index (χ1v) is 6.20. The van der Waals surface area contributed by atoms with Gasteiger partial charge in [0.15, 0.2) is 0 Å². The second-order valence-electron chi connectivity index (χ2n) is 4.51. The highest BCUT2D eigenvalue weighted by Gasteiger charge is 2.30. The third kappa shape index (κ3) is 1.90. The van der Waals surface area contributed by atoms with Gasteiger partial charge >= 0.3 is 6.03 Å². The van der Waals surface area contributed by atoms with Crippen molar-refractivity contribution in [3.63, 3.8) is 0 Å². The molecule has 1 aliphatic heterocycles. The van der Waals surface area contributed by atoms with Crippen LogP contribution in [-0.4, -0.2) is 27.0 Å². The Morgan fingerprint density at radius 1 is 1.28 bits per heavy atom. The molecule has 18 heavy (non-hydrogen) atoms. The molecule has 4 nitrogen and oxygen atoms in total. The van der Waals surface area contributed by atoms with Gasteiger partial charge in [0.05, 0.1) is 6.04 Å². The van der Waals surface area contributed by atoms with Crippen LogP contribution in [0.2, 0.25) is 0 Å². The highest BCUT2D eigenvalue weighted by atomic mass is 16.2. The zero-order valence-corrected chi connectivity index (χ0v) is 10.1.